The summed E-state index contributed by atoms with van der Waals surface area (Å²) < 4.78 is 0. The Morgan fingerprint density at radius 3 is 2.84 bits per heavy atom. The molecular formula is C16H16N2O. The van der Waals surface area contributed by atoms with Gasteiger partial charge in [0.25, 0.3) is 0 Å². The molecule has 0 atom stereocenters. The van der Waals surface area contributed by atoms with Gasteiger partial charge >= 0.3 is 0 Å². The number of hydrogen-bond donors (Lipinski definition) is 2. The van der Waals surface area contributed by atoms with Gasteiger partial charge in [-0.15, -0.1) is 0 Å². The quantitative estimate of drug-likeness (QED) is 0.813. The van der Waals surface area contributed by atoms with Gasteiger partial charge in [-0.25, -0.2) is 6.57 Å². The molecule has 2 aromatic rings. The molecule has 96 valence electrons. The van der Waals surface area contributed by atoms with E-state index in [4.69, 9.17) is 6.57 Å². The first kappa shape index (κ1) is 13.0. The number of hydrogen-bond acceptors (Lipinski definition) is 2. The van der Waals surface area contributed by atoms with Crippen LogP contribution < -0.4 is 5.32 Å². The monoisotopic (exact) mass is 252 g/mol. The van der Waals surface area contributed by atoms with E-state index in [1.807, 2.05) is 43.3 Å². The van der Waals surface area contributed by atoms with Gasteiger partial charge in [0, 0.05) is 23.4 Å². The summed E-state index contributed by atoms with van der Waals surface area (Å²) in [6.45, 7) is 9.83. The summed E-state index contributed by atoms with van der Waals surface area (Å²) in [6.07, 6.45) is 0. The molecule has 0 bridgehead atoms. The Kier molecular flexibility index (Phi) is 4.04. The molecule has 0 aromatic heterocycles. The Hall–Kier alpha value is -2.47. The number of phenols is 1. The fraction of sp³-hybridized carbons (Fsp3) is 0.188. The summed E-state index contributed by atoms with van der Waals surface area (Å²) in [5.74, 6) is 0.301. The average molecular weight is 252 g/mol. The second kappa shape index (κ2) is 5.92. The Balaban J connectivity index is 2.08. The Morgan fingerprint density at radius 1 is 1.21 bits per heavy atom. The molecule has 2 aromatic carbocycles. The molecule has 0 spiro atoms. The SMILES string of the molecule is [C-]#[N+]Cc1cccc(NCc2cc(C)ccc2O)c1. The van der Waals surface area contributed by atoms with Crippen molar-refractivity contribution in [1.82, 2.24) is 0 Å². The van der Waals surface area contributed by atoms with Crippen molar-refractivity contribution in [1.29, 1.82) is 0 Å². The van der Waals surface area contributed by atoms with Crippen LogP contribution in [0.4, 0.5) is 5.69 Å². The molecule has 3 heteroatoms. The maximum absolute atomic E-state index is 9.77. The van der Waals surface area contributed by atoms with Gasteiger partial charge in [0.15, 0.2) is 0 Å². The average Bonchev–Trinajstić information content (AvgIpc) is 2.41. The van der Waals surface area contributed by atoms with E-state index in [1.165, 1.54) is 0 Å². The van der Waals surface area contributed by atoms with Gasteiger partial charge < -0.3 is 15.3 Å². The highest BCUT2D eigenvalue weighted by molar-refractivity contribution is 5.48. The van der Waals surface area contributed by atoms with Crippen LogP contribution in [0.5, 0.6) is 5.75 Å². The number of nitrogens with one attached hydrogen (secondary N) is 1. The lowest BCUT2D eigenvalue weighted by molar-refractivity contribution is 0.469. The van der Waals surface area contributed by atoms with Crippen LogP contribution in [0.15, 0.2) is 42.5 Å². The van der Waals surface area contributed by atoms with E-state index < -0.39 is 0 Å². The molecule has 19 heavy (non-hydrogen) atoms. The number of phenolic OH excluding ortho intramolecular Hbond substituents is 1. The first-order valence-electron chi connectivity index (χ1n) is 6.13. The molecule has 0 amide bonds. The predicted octanol–water partition coefficient (Wildman–Crippen LogP) is 3.73. The van der Waals surface area contributed by atoms with Crippen LogP contribution in [-0.2, 0) is 13.1 Å². The van der Waals surface area contributed by atoms with Crippen molar-refractivity contribution in [2.45, 2.75) is 20.0 Å². The molecule has 3 nitrogen and oxygen atoms in total. The Labute approximate surface area is 113 Å². The number of nitrogens with zero attached hydrogens (tertiary/aromatic N) is 1. The summed E-state index contributed by atoms with van der Waals surface area (Å²) in [4.78, 5) is 3.37. The first-order chi connectivity index (χ1) is 9.19. The van der Waals surface area contributed by atoms with E-state index in [2.05, 4.69) is 10.2 Å². The summed E-state index contributed by atoms with van der Waals surface area (Å²) in [6, 6.07) is 13.3. The molecule has 0 saturated carbocycles. The Morgan fingerprint density at radius 2 is 2.05 bits per heavy atom. The molecule has 0 heterocycles. The highest BCUT2D eigenvalue weighted by Crippen LogP contribution is 2.20. The van der Waals surface area contributed by atoms with Crippen molar-refractivity contribution >= 4 is 5.69 Å². The lowest BCUT2D eigenvalue weighted by Gasteiger charge is -2.09. The number of aryl methyl sites for hydroxylation is 1. The minimum Gasteiger partial charge on any atom is -0.508 e. The fourth-order valence-corrected chi connectivity index (χ4v) is 1.92. The van der Waals surface area contributed by atoms with E-state index in [0.29, 0.717) is 18.8 Å². The van der Waals surface area contributed by atoms with Crippen molar-refractivity contribution in [3.05, 3.63) is 70.6 Å². The summed E-state index contributed by atoms with van der Waals surface area (Å²) in [7, 11) is 0. The second-order valence-corrected chi connectivity index (χ2v) is 4.50. The first-order valence-corrected chi connectivity index (χ1v) is 6.13. The zero-order valence-electron chi connectivity index (χ0n) is 10.9. The van der Waals surface area contributed by atoms with Crippen molar-refractivity contribution < 1.29 is 5.11 Å². The minimum atomic E-state index is 0.301. The van der Waals surface area contributed by atoms with Crippen LogP contribution in [0.25, 0.3) is 4.85 Å². The zero-order valence-corrected chi connectivity index (χ0v) is 10.9. The number of anilines is 1. The molecule has 0 radical (unpaired) electrons. The van der Waals surface area contributed by atoms with Gasteiger partial charge in [0.05, 0.1) is 0 Å². The fourth-order valence-electron chi connectivity index (χ4n) is 1.92. The van der Waals surface area contributed by atoms with Crippen LogP contribution in [0.2, 0.25) is 0 Å². The largest absolute Gasteiger partial charge is 0.508 e. The maximum atomic E-state index is 9.77. The van der Waals surface area contributed by atoms with Crippen molar-refractivity contribution in [3.8, 4) is 5.75 Å². The minimum absolute atomic E-state index is 0.301. The summed E-state index contributed by atoms with van der Waals surface area (Å²) >= 11 is 0. The maximum Gasteiger partial charge on any atom is 0.239 e. The summed E-state index contributed by atoms with van der Waals surface area (Å²) in [5.41, 5.74) is 3.95. The van der Waals surface area contributed by atoms with Gasteiger partial charge in [-0.3, -0.25) is 0 Å². The Bertz CT molecular complexity index is 614. The molecule has 0 aliphatic rings. The normalized spacial score (nSPS) is 9.89. The third-order valence-electron chi connectivity index (χ3n) is 2.91. The molecule has 0 aliphatic carbocycles. The smallest absolute Gasteiger partial charge is 0.239 e. The van der Waals surface area contributed by atoms with Crippen LogP contribution in [-0.4, -0.2) is 5.11 Å². The molecular weight excluding hydrogens is 236 g/mol. The molecule has 0 unspecified atom stereocenters. The van der Waals surface area contributed by atoms with Gasteiger partial charge in [-0.05, 0) is 25.1 Å². The van der Waals surface area contributed by atoms with E-state index in [-0.39, 0.29) is 0 Å². The molecule has 0 fully saturated rings. The van der Waals surface area contributed by atoms with E-state index in [9.17, 15) is 5.11 Å². The van der Waals surface area contributed by atoms with Crippen molar-refractivity contribution in [3.63, 3.8) is 0 Å². The number of aromatic hydroxyl groups is 1. The zero-order chi connectivity index (χ0) is 13.7. The van der Waals surface area contributed by atoms with Crippen LogP contribution in [0, 0.1) is 13.5 Å². The lowest BCUT2D eigenvalue weighted by Crippen LogP contribution is -2.00. The van der Waals surface area contributed by atoms with Crippen LogP contribution >= 0.6 is 0 Å². The standard InChI is InChI=1S/C16H16N2O/c1-12-6-7-16(19)14(8-12)11-18-15-5-3-4-13(9-15)10-17-2/h3-9,18-19H,10-11H2,1H3. The predicted molar refractivity (Wildman–Crippen MR) is 76.9 cm³/mol. The second-order valence-electron chi connectivity index (χ2n) is 4.50. The third kappa shape index (κ3) is 3.49. The molecule has 0 saturated heterocycles. The van der Waals surface area contributed by atoms with Crippen molar-refractivity contribution in [2.75, 3.05) is 5.32 Å². The van der Waals surface area contributed by atoms with Crippen LogP contribution in [0.1, 0.15) is 16.7 Å². The van der Waals surface area contributed by atoms with Crippen molar-refractivity contribution in [2.24, 2.45) is 0 Å². The molecule has 2 N–H and O–H groups in total. The van der Waals surface area contributed by atoms with E-state index >= 15 is 0 Å². The highest BCUT2D eigenvalue weighted by Gasteiger charge is 2.02. The van der Waals surface area contributed by atoms with Crippen LogP contribution in [0.3, 0.4) is 0 Å². The number of rotatable bonds is 4. The van der Waals surface area contributed by atoms with E-state index in [1.54, 1.807) is 6.07 Å². The molecule has 0 aliphatic heterocycles. The highest BCUT2D eigenvalue weighted by atomic mass is 16.3. The summed E-state index contributed by atoms with van der Waals surface area (Å²) in [5, 5.41) is 13.0. The lowest BCUT2D eigenvalue weighted by atomic mass is 10.1. The van der Waals surface area contributed by atoms with Gasteiger partial charge in [-0.2, -0.15) is 0 Å². The van der Waals surface area contributed by atoms with Gasteiger partial charge in [0.2, 0.25) is 6.54 Å². The topological polar surface area (TPSA) is 36.6 Å². The van der Waals surface area contributed by atoms with Gasteiger partial charge in [0.1, 0.15) is 5.75 Å². The van der Waals surface area contributed by atoms with Gasteiger partial charge in [-0.1, -0.05) is 29.8 Å². The molecule has 2 rings (SSSR count). The number of benzene rings is 2. The van der Waals surface area contributed by atoms with E-state index in [0.717, 1.165) is 22.4 Å². The third-order valence-corrected chi connectivity index (χ3v) is 2.91.